The van der Waals surface area contributed by atoms with Crippen molar-refractivity contribution in [3.05, 3.63) is 24.1 Å². The summed E-state index contributed by atoms with van der Waals surface area (Å²) < 4.78 is 19.8. The molecule has 7 aliphatic rings. The molecule has 1 N–H and O–H groups in total. The van der Waals surface area contributed by atoms with Crippen LogP contribution in [0.2, 0.25) is 24.2 Å². The Kier molecular flexibility index (Phi) is 9.99. The van der Waals surface area contributed by atoms with Gasteiger partial charge in [-0.05, 0) is 94.1 Å². The topological polar surface area (TPSA) is 88.5 Å². The first-order valence-corrected chi connectivity index (χ1v) is 22.8. The van der Waals surface area contributed by atoms with Gasteiger partial charge in [-0.2, -0.15) is 0 Å². The Morgan fingerprint density at radius 1 is 1.02 bits per heavy atom. The smallest absolute Gasteiger partial charge is 0.256 e. The number of carbonyl (C=O) groups is 2. The predicted molar refractivity (Wildman–Crippen MR) is 189 cm³/mol. The number of rotatable bonds is 8. The summed E-state index contributed by atoms with van der Waals surface area (Å²) >= 11 is 0. The molecule has 4 aliphatic carbocycles. The Bertz CT molecular complexity index is 1260. The zero-order chi connectivity index (χ0) is 33.8. The second-order valence-electron chi connectivity index (χ2n) is 17.0. The Morgan fingerprint density at radius 2 is 1.77 bits per heavy atom. The van der Waals surface area contributed by atoms with Gasteiger partial charge in [-0.25, -0.2) is 0 Å². The van der Waals surface area contributed by atoms with Gasteiger partial charge < -0.3 is 29.1 Å². The molecule has 9 atom stereocenters. The molecular weight excluding hydrogens is 621 g/mol. The summed E-state index contributed by atoms with van der Waals surface area (Å²) in [5.41, 5.74) is 1.11. The van der Waals surface area contributed by atoms with Gasteiger partial charge in [-0.1, -0.05) is 45.4 Å². The van der Waals surface area contributed by atoms with Crippen LogP contribution in [-0.4, -0.2) is 91.1 Å². The normalized spacial score (nSPS) is 41.9. The van der Waals surface area contributed by atoms with Gasteiger partial charge in [0.2, 0.25) is 5.91 Å². The van der Waals surface area contributed by atoms with Gasteiger partial charge in [-0.15, -0.1) is 6.58 Å². The maximum absolute atomic E-state index is 15.0. The quantitative estimate of drug-likeness (QED) is 0.220. The maximum atomic E-state index is 15.0. The van der Waals surface area contributed by atoms with E-state index in [0.717, 1.165) is 94.9 Å². The number of carbonyl (C=O) groups excluding carboxylic acids is 2. The highest BCUT2D eigenvalue weighted by molar-refractivity contribution is 6.80. The molecule has 1 spiro atoms. The Balaban J connectivity index is 1.24. The first-order chi connectivity index (χ1) is 23.2. The number of fused-ring (bicyclic) bond motifs is 3. The molecule has 3 aliphatic heterocycles. The van der Waals surface area contributed by atoms with Crippen molar-refractivity contribution in [2.24, 2.45) is 17.8 Å². The summed E-state index contributed by atoms with van der Waals surface area (Å²) in [6.07, 6.45) is 17.8. The largest absolute Gasteiger partial charge is 0.492 e. The highest BCUT2D eigenvalue weighted by atomic mass is 28.3. The van der Waals surface area contributed by atoms with Gasteiger partial charge >= 0.3 is 0 Å². The molecule has 2 saturated heterocycles. The third kappa shape index (κ3) is 5.56. The van der Waals surface area contributed by atoms with Crippen molar-refractivity contribution in [2.45, 2.75) is 170 Å². The Labute approximate surface area is 290 Å². The molecule has 0 bridgehead atoms. The lowest BCUT2D eigenvalue weighted by Crippen LogP contribution is -2.54. The third-order valence-electron chi connectivity index (χ3n) is 14.5. The average Bonchev–Trinajstić information content (AvgIpc) is 3.46. The van der Waals surface area contributed by atoms with E-state index in [9.17, 15) is 14.7 Å². The zero-order valence-electron chi connectivity index (χ0n) is 30.2. The van der Waals surface area contributed by atoms with Crippen molar-refractivity contribution >= 4 is 19.9 Å². The van der Waals surface area contributed by atoms with E-state index in [-0.39, 0.29) is 66.0 Å². The molecule has 0 aromatic heterocycles. The fourth-order valence-corrected chi connectivity index (χ4v) is 17.3. The Morgan fingerprint density at radius 3 is 2.50 bits per heavy atom. The molecule has 0 radical (unpaired) electrons. The van der Waals surface area contributed by atoms with Crippen LogP contribution in [0.4, 0.5) is 0 Å². The number of amides is 2. The van der Waals surface area contributed by atoms with Crippen LogP contribution in [0.1, 0.15) is 110 Å². The van der Waals surface area contributed by atoms with Gasteiger partial charge in [-0.3, -0.25) is 9.59 Å². The minimum absolute atomic E-state index is 0.00232. The van der Waals surface area contributed by atoms with Crippen molar-refractivity contribution in [3.8, 4) is 0 Å². The summed E-state index contributed by atoms with van der Waals surface area (Å²) in [6, 6.07) is 0.116. The molecule has 48 heavy (non-hydrogen) atoms. The lowest BCUT2D eigenvalue weighted by atomic mass is 9.69. The van der Waals surface area contributed by atoms with Crippen LogP contribution >= 0.6 is 0 Å². The second kappa shape index (κ2) is 13.8. The summed E-state index contributed by atoms with van der Waals surface area (Å²) in [7, 11) is -0.141. The second-order valence-corrected chi connectivity index (χ2v) is 22.2. The molecule has 9 heteroatoms. The van der Waals surface area contributed by atoms with E-state index in [1.54, 1.807) is 0 Å². The third-order valence-corrected chi connectivity index (χ3v) is 19.8. The first-order valence-electron chi connectivity index (χ1n) is 19.6. The number of likely N-dealkylation sites (tertiary alicyclic amines) is 1. The molecule has 5 fully saturated rings. The maximum Gasteiger partial charge on any atom is 0.256 e. The molecule has 2 amide bonds. The summed E-state index contributed by atoms with van der Waals surface area (Å²) in [5.74, 6) is 1.43. The zero-order valence-corrected chi connectivity index (χ0v) is 31.2. The van der Waals surface area contributed by atoms with Crippen LogP contribution in [0.15, 0.2) is 24.1 Å². The number of aliphatic hydroxyl groups is 1. The number of ether oxygens (including phenoxy) is 3. The lowest BCUT2D eigenvalue weighted by molar-refractivity contribution is -0.156. The summed E-state index contributed by atoms with van der Waals surface area (Å²) in [6.45, 7) is 12.0. The molecule has 0 aromatic carbocycles. The van der Waals surface area contributed by atoms with Crippen LogP contribution in [0.3, 0.4) is 0 Å². The minimum atomic E-state index is -1.98. The number of methoxy groups -OCH3 is 1. The standard InChI is InChI=1S/C39H62N2O6Si/c1-6-22-40-31-20-15-26(41-32-12-8-10-14-34(32)46-33-13-9-7-11-29(33)37(41)43)24-30(31)39(38(40)44)25(2)36(35(47-39)21-23-42)48(4,5)28-18-16-27(45-3)17-19-28/h6,25-31,33,35-36,42H,1,7-24H2,2-5H3/t25-,26?,27?,28?,29?,30?,31?,33?,35+,36-,39+/m0/s1. The molecule has 268 valence electrons. The van der Waals surface area contributed by atoms with Crippen molar-refractivity contribution in [2.75, 3.05) is 20.3 Å². The van der Waals surface area contributed by atoms with Gasteiger partial charge in [0.15, 0.2) is 5.60 Å². The van der Waals surface area contributed by atoms with Crippen LogP contribution in [0.5, 0.6) is 0 Å². The van der Waals surface area contributed by atoms with E-state index in [0.29, 0.717) is 24.6 Å². The highest BCUT2D eigenvalue weighted by Gasteiger charge is 2.71. The van der Waals surface area contributed by atoms with Gasteiger partial charge in [0.25, 0.3) is 5.91 Å². The van der Waals surface area contributed by atoms with Crippen molar-refractivity contribution in [1.82, 2.24) is 9.80 Å². The van der Waals surface area contributed by atoms with Gasteiger partial charge in [0, 0.05) is 44.7 Å². The molecule has 3 heterocycles. The molecule has 7 rings (SSSR count). The van der Waals surface area contributed by atoms with Crippen molar-refractivity contribution < 1.29 is 28.9 Å². The molecule has 5 unspecified atom stereocenters. The lowest BCUT2D eigenvalue weighted by Gasteiger charge is -2.46. The number of aliphatic hydroxyl groups excluding tert-OH is 1. The molecule has 8 nitrogen and oxygen atoms in total. The van der Waals surface area contributed by atoms with E-state index in [4.69, 9.17) is 14.2 Å². The number of allylic oxidation sites excluding steroid dienone is 2. The molecule has 3 saturated carbocycles. The predicted octanol–water partition coefficient (Wildman–Crippen LogP) is 6.95. The molecular formula is C39H62N2O6Si. The van der Waals surface area contributed by atoms with Crippen molar-refractivity contribution in [1.29, 1.82) is 0 Å². The van der Waals surface area contributed by atoms with Crippen LogP contribution in [-0.2, 0) is 23.8 Å². The van der Waals surface area contributed by atoms with Crippen LogP contribution in [0.25, 0.3) is 0 Å². The van der Waals surface area contributed by atoms with E-state index < -0.39 is 13.7 Å². The van der Waals surface area contributed by atoms with Gasteiger partial charge in [0.1, 0.15) is 11.9 Å². The number of hydrogen-bond acceptors (Lipinski definition) is 6. The van der Waals surface area contributed by atoms with Crippen LogP contribution in [0, 0.1) is 17.8 Å². The van der Waals surface area contributed by atoms with Crippen LogP contribution < -0.4 is 0 Å². The van der Waals surface area contributed by atoms with Crippen molar-refractivity contribution in [3.63, 3.8) is 0 Å². The number of hydrogen-bond donors (Lipinski definition) is 1. The van der Waals surface area contributed by atoms with Gasteiger partial charge in [0.05, 0.1) is 31.9 Å². The average molecular weight is 683 g/mol. The Hall–Kier alpha value is -1.68. The molecule has 0 aromatic rings. The SMILES string of the molecule is C=CCN1C(=O)[C@]2(O[C@H](CCO)[C@@H]([Si](C)(C)C3CCC(OC)CC3)[C@@H]2C)C2CC(N3C(=O)C4CCCCC4OC4=C3CCCC4)CCC21. The monoisotopic (exact) mass is 682 g/mol. The highest BCUT2D eigenvalue weighted by Crippen LogP contribution is 2.62. The van der Waals surface area contributed by atoms with E-state index in [1.165, 1.54) is 12.8 Å². The first kappa shape index (κ1) is 34.8. The fourth-order valence-electron chi connectivity index (χ4n) is 12.2. The summed E-state index contributed by atoms with van der Waals surface area (Å²) in [4.78, 5) is 33.9. The fraction of sp³-hybridized carbons (Fsp3) is 0.846. The van der Waals surface area contributed by atoms with E-state index in [1.807, 2.05) is 13.2 Å². The number of nitrogens with zero attached hydrogens (tertiary/aromatic N) is 2. The minimum Gasteiger partial charge on any atom is -0.492 e. The summed E-state index contributed by atoms with van der Waals surface area (Å²) in [5, 5.41) is 10.4. The van der Waals surface area contributed by atoms with E-state index in [2.05, 4.69) is 36.4 Å². The van der Waals surface area contributed by atoms with E-state index >= 15 is 0 Å².